The highest BCUT2D eigenvalue weighted by Crippen LogP contribution is 2.31. The monoisotopic (exact) mass is 522 g/mol. The van der Waals surface area contributed by atoms with Gasteiger partial charge in [-0.15, -0.1) is 11.3 Å². The molecule has 0 radical (unpaired) electrons. The van der Waals surface area contributed by atoms with Gasteiger partial charge in [0.15, 0.2) is 5.69 Å². The summed E-state index contributed by atoms with van der Waals surface area (Å²) in [6.07, 6.45) is -10.2. The Hall–Kier alpha value is -2.77. The number of carbonyl (C=O) groups excluding carboxylic acids is 1. The van der Waals surface area contributed by atoms with Gasteiger partial charge >= 0.3 is 12.4 Å². The Morgan fingerprint density at radius 3 is 2.24 bits per heavy atom. The smallest absolute Gasteiger partial charge is 0.299 e. The fraction of sp³-hybridized carbons (Fsp3) is 0.238. The molecule has 13 heteroatoms. The van der Waals surface area contributed by atoms with Crippen molar-refractivity contribution in [3.05, 3.63) is 70.2 Å². The van der Waals surface area contributed by atoms with Crippen molar-refractivity contribution < 1.29 is 39.6 Å². The highest BCUT2D eigenvalue weighted by atomic mass is 32.2. The lowest BCUT2D eigenvalue weighted by atomic mass is 9.96. The van der Waals surface area contributed by atoms with Crippen molar-refractivity contribution in [1.29, 1.82) is 0 Å². The predicted octanol–water partition coefficient (Wildman–Crippen LogP) is 5.02. The first-order valence-corrected chi connectivity index (χ1v) is 11.9. The number of alkyl halides is 6. The molecule has 0 fully saturated rings. The number of thiazole rings is 1. The van der Waals surface area contributed by atoms with Crippen LogP contribution in [0.5, 0.6) is 0 Å². The average Bonchev–Trinajstić information content (AvgIpc) is 3.21. The normalized spacial score (nSPS) is 12.6. The van der Waals surface area contributed by atoms with Crippen LogP contribution in [0.4, 0.5) is 26.3 Å². The Morgan fingerprint density at radius 1 is 0.971 bits per heavy atom. The third-order valence-electron chi connectivity index (χ3n) is 4.51. The van der Waals surface area contributed by atoms with Gasteiger partial charge in [0.1, 0.15) is 17.3 Å². The fourth-order valence-electron chi connectivity index (χ4n) is 3.01. The number of sulfonamides is 1. The molecule has 0 saturated carbocycles. The Morgan fingerprint density at radius 2 is 1.65 bits per heavy atom. The second-order valence-corrected chi connectivity index (χ2v) is 9.85. The quantitative estimate of drug-likeness (QED) is 0.422. The number of ketones is 1. The molecule has 3 aromatic rings. The molecule has 0 aliphatic rings. The molecule has 0 aliphatic heterocycles. The Bertz CT molecular complexity index is 1270. The zero-order chi connectivity index (χ0) is 25.1. The van der Waals surface area contributed by atoms with Gasteiger partial charge in [0, 0.05) is 11.8 Å². The van der Waals surface area contributed by atoms with Crippen LogP contribution in [-0.4, -0.2) is 31.9 Å². The van der Waals surface area contributed by atoms with Gasteiger partial charge in [-0.1, -0.05) is 36.4 Å². The van der Waals surface area contributed by atoms with Crippen LogP contribution in [-0.2, 0) is 33.8 Å². The maximum Gasteiger partial charge on any atom is 0.434 e. The summed E-state index contributed by atoms with van der Waals surface area (Å²) in [5.74, 6) is -0.543. The Labute approximate surface area is 194 Å². The minimum atomic E-state index is -4.77. The maximum atomic E-state index is 12.7. The summed E-state index contributed by atoms with van der Waals surface area (Å²) < 4.78 is 102. The molecule has 3 rings (SSSR count). The molecule has 1 N–H and O–H groups in total. The van der Waals surface area contributed by atoms with Crippen molar-refractivity contribution in [3.8, 4) is 11.1 Å². The van der Waals surface area contributed by atoms with E-state index in [0.717, 1.165) is 17.5 Å². The molecule has 0 bridgehead atoms. The van der Waals surface area contributed by atoms with Gasteiger partial charge in [0.25, 0.3) is 0 Å². The number of halogens is 6. The van der Waals surface area contributed by atoms with Crippen LogP contribution in [0.1, 0.15) is 16.3 Å². The first-order chi connectivity index (χ1) is 15.7. The van der Waals surface area contributed by atoms with E-state index in [0.29, 0.717) is 22.5 Å². The highest BCUT2D eigenvalue weighted by Gasteiger charge is 2.34. The molecule has 0 aliphatic carbocycles. The standard InChI is InChI=1S/C21H16F6N2O3S2/c22-20(23,24)12-28-34(31,32)16-6-7-17(13-4-2-1-3-5-13)14(9-16)8-15(30)10-19-29-18(11-33-19)21(25,26)27/h1-7,9,11,28H,8,10,12H2. The van der Waals surface area contributed by atoms with Crippen LogP contribution in [0, 0.1) is 0 Å². The van der Waals surface area contributed by atoms with E-state index in [9.17, 15) is 39.6 Å². The summed E-state index contributed by atoms with van der Waals surface area (Å²) in [5.41, 5.74) is 0.151. The summed E-state index contributed by atoms with van der Waals surface area (Å²) in [6.45, 7) is -1.77. The Kier molecular flexibility index (Phi) is 7.48. The predicted molar refractivity (Wildman–Crippen MR) is 113 cm³/mol. The van der Waals surface area contributed by atoms with E-state index in [4.69, 9.17) is 0 Å². The molecule has 182 valence electrons. The number of rotatable bonds is 8. The lowest BCUT2D eigenvalue weighted by Gasteiger charge is -2.14. The van der Waals surface area contributed by atoms with Crippen molar-refractivity contribution in [3.63, 3.8) is 0 Å². The second kappa shape index (κ2) is 9.84. The molecule has 0 atom stereocenters. The molecule has 0 saturated heterocycles. The van der Waals surface area contributed by atoms with E-state index in [1.807, 2.05) is 0 Å². The number of nitrogens with zero attached hydrogens (tertiary/aromatic N) is 1. The highest BCUT2D eigenvalue weighted by molar-refractivity contribution is 7.89. The van der Waals surface area contributed by atoms with Crippen LogP contribution < -0.4 is 4.72 Å². The van der Waals surface area contributed by atoms with Crippen molar-refractivity contribution in [2.24, 2.45) is 0 Å². The summed E-state index contributed by atoms with van der Waals surface area (Å²) in [5, 5.41) is 0.728. The van der Waals surface area contributed by atoms with Gasteiger partial charge in [-0.25, -0.2) is 18.1 Å². The van der Waals surface area contributed by atoms with Crippen LogP contribution >= 0.6 is 11.3 Å². The third kappa shape index (κ3) is 6.87. The van der Waals surface area contributed by atoms with Gasteiger partial charge in [0.2, 0.25) is 10.0 Å². The van der Waals surface area contributed by atoms with Crippen molar-refractivity contribution in [2.75, 3.05) is 6.54 Å². The third-order valence-corrected chi connectivity index (χ3v) is 6.76. The minimum Gasteiger partial charge on any atom is -0.299 e. The van der Waals surface area contributed by atoms with Crippen LogP contribution in [0.2, 0.25) is 0 Å². The first-order valence-electron chi connectivity index (χ1n) is 9.53. The number of hydrogen-bond donors (Lipinski definition) is 1. The Balaban J connectivity index is 1.90. The van der Waals surface area contributed by atoms with Crippen molar-refractivity contribution in [1.82, 2.24) is 9.71 Å². The molecule has 34 heavy (non-hydrogen) atoms. The number of aromatic nitrogens is 1. The molecule has 0 amide bonds. The number of hydrogen-bond acceptors (Lipinski definition) is 5. The minimum absolute atomic E-state index is 0.0609. The van der Waals surface area contributed by atoms with Crippen LogP contribution in [0.25, 0.3) is 11.1 Å². The van der Waals surface area contributed by atoms with Crippen LogP contribution in [0.3, 0.4) is 0 Å². The molecular formula is C21H16F6N2O3S2. The lowest BCUT2D eigenvalue weighted by Crippen LogP contribution is -2.33. The SMILES string of the molecule is O=C(Cc1nc(C(F)(F)F)cs1)Cc1cc(S(=O)(=O)NCC(F)(F)F)ccc1-c1ccccc1. The lowest BCUT2D eigenvalue weighted by molar-refractivity contribution is -0.141. The number of Topliss-reactive ketones (excluding diaryl/α,β-unsaturated/α-hetero) is 1. The number of benzene rings is 2. The van der Waals surface area contributed by atoms with Crippen molar-refractivity contribution >= 4 is 27.1 Å². The zero-order valence-corrected chi connectivity index (χ0v) is 18.7. The topological polar surface area (TPSA) is 76.1 Å². The van der Waals surface area contributed by atoms with Gasteiger partial charge in [-0.2, -0.15) is 26.3 Å². The van der Waals surface area contributed by atoms with E-state index >= 15 is 0 Å². The summed E-state index contributed by atoms with van der Waals surface area (Å²) in [6, 6.07) is 12.1. The van der Waals surface area contributed by atoms with E-state index in [1.54, 1.807) is 30.3 Å². The summed E-state index contributed by atoms with van der Waals surface area (Å²) >= 11 is 0.668. The van der Waals surface area contributed by atoms with Gasteiger partial charge < -0.3 is 0 Å². The average molecular weight is 522 g/mol. The molecule has 1 heterocycles. The molecule has 1 aromatic heterocycles. The number of carbonyl (C=O) groups is 1. The summed E-state index contributed by atoms with van der Waals surface area (Å²) in [4.78, 5) is 15.5. The van der Waals surface area contributed by atoms with Gasteiger partial charge in [-0.05, 0) is 28.8 Å². The largest absolute Gasteiger partial charge is 0.434 e. The zero-order valence-electron chi connectivity index (χ0n) is 17.1. The molecule has 5 nitrogen and oxygen atoms in total. The molecule has 0 unspecified atom stereocenters. The summed E-state index contributed by atoms with van der Waals surface area (Å²) in [7, 11) is -4.54. The van der Waals surface area contributed by atoms with E-state index in [2.05, 4.69) is 4.98 Å². The van der Waals surface area contributed by atoms with Gasteiger partial charge in [-0.3, -0.25) is 4.79 Å². The molecule has 0 spiro atoms. The number of nitrogens with one attached hydrogen (secondary N) is 1. The van der Waals surface area contributed by atoms with Crippen molar-refractivity contribution in [2.45, 2.75) is 30.1 Å². The molecule has 2 aromatic carbocycles. The van der Waals surface area contributed by atoms with Gasteiger partial charge in [0.05, 0.1) is 11.3 Å². The second-order valence-electron chi connectivity index (χ2n) is 7.14. The fourth-order valence-corrected chi connectivity index (χ4v) is 4.90. The van der Waals surface area contributed by atoms with E-state index < -0.39 is 51.7 Å². The molecular weight excluding hydrogens is 506 g/mol. The van der Waals surface area contributed by atoms with E-state index in [1.165, 1.54) is 10.8 Å². The van der Waals surface area contributed by atoms with E-state index in [-0.39, 0.29) is 17.0 Å². The van der Waals surface area contributed by atoms with Crippen LogP contribution in [0.15, 0.2) is 58.8 Å². The maximum absolute atomic E-state index is 12.7. The first kappa shape index (κ1) is 25.8.